The summed E-state index contributed by atoms with van der Waals surface area (Å²) in [6.07, 6.45) is 5.06. The first kappa shape index (κ1) is 17.7. The lowest BCUT2D eigenvalue weighted by molar-refractivity contribution is -0.152. The lowest BCUT2D eigenvalue weighted by Crippen LogP contribution is -2.50. The van der Waals surface area contributed by atoms with Gasteiger partial charge in [0.15, 0.2) is 0 Å². The van der Waals surface area contributed by atoms with Gasteiger partial charge in [0.1, 0.15) is 23.2 Å². The maximum absolute atomic E-state index is 13.0. The molecule has 29 heavy (non-hydrogen) atoms. The van der Waals surface area contributed by atoms with Gasteiger partial charge in [0, 0.05) is 48.2 Å². The van der Waals surface area contributed by atoms with Crippen LogP contribution in [0.4, 0.5) is 5.69 Å². The van der Waals surface area contributed by atoms with Crippen molar-refractivity contribution >= 4 is 11.7 Å². The first-order valence-corrected chi connectivity index (χ1v) is 11.1. The van der Waals surface area contributed by atoms with Crippen LogP contribution in [-0.2, 0) is 27.1 Å². The van der Waals surface area contributed by atoms with Gasteiger partial charge in [-0.15, -0.1) is 0 Å². The minimum Gasteiger partial charge on any atom is -0.492 e. The molecule has 1 aromatic rings. The van der Waals surface area contributed by atoms with Gasteiger partial charge in [0.2, 0.25) is 0 Å². The number of nitrogens with zero attached hydrogens (tertiary/aromatic N) is 1. The monoisotopic (exact) mass is 395 g/mol. The first-order chi connectivity index (χ1) is 13.9. The summed E-state index contributed by atoms with van der Waals surface area (Å²) in [5.74, 6) is 1.76. The molecule has 0 amide bonds. The van der Waals surface area contributed by atoms with Gasteiger partial charge >= 0.3 is 5.97 Å². The van der Waals surface area contributed by atoms with Gasteiger partial charge < -0.3 is 19.1 Å². The number of hydrogen-bond donors (Lipinski definition) is 0. The number of hydrogen-bond acceptors (Lipinski definition) is 5. The van der Waals surface area contributed by atoms with E-state index in [9.17, 15) is 4.79 Å². The van der Waals surface area contributed by atoms with Gasteiger partial charge in [0.25, 0.3) is 0 Å². The van der Waals surface area contributed by atoms with Crippen molar-refractivity contribution in [3.63, 3.8) is 0 Å². The minimum absolute atomic E-state index is 0.00338. The van der Waals surface area contributed by atoms with E-state index in [0.717, 1.165) is 43.0 Å². The van der Waals surface area contributed by atoms with Gasteiger partial charge in [-0.3, -0.25) is 0 Å². The molecule has 0 spiro atoms. The van der Waals surface area contributed by atoms with E-state index >= 15 is 0 Å². The number of esters is 1. The summed E-state index contributed by atoms with van der Waals surface area (Å²) in [5.41, 5.74) is 5.77. The molecule has 0 saturated heterocycles. The summed E-state index contributed by atoms with van der Waals surface area (Å²) in [5, 5.41) is 0. The summed E-state index contributed by atoms with van der Waals surface area (Å²) in [6, 6.07) is 2.35. The molecule has 5 heterocycles. The highest BCUT2D eigenvalue weighted by molar-refractivity contribution is 5.93. The molecular weight excluding hydrogens is 366 g/mol. The van der Waals surface area contributed by atoms with Crippen LogP contribution in [0.1, 0.15) is 62.6 Å². The van der Waals surface area contributed by atoms with Crippen molar-refractivity contribution in [1.82, 2.24) is 0 Å². The fourth-order valence-corrected chi connectivity index (χ4v) is 6.27. The lowest BCUT2D eigenvalue weighted by Gasteiger charge is -2.50. The van der Waals surface area contributed by atoms with E-state index in [1.165, 1.54) is 35.2 Å². The smallest absolute Gasteiger partial charge is 0.338 e. The highest BCUT2D eigenvalue weighted by Crippen LogP contribution is 2.56. The van der Waals surface area contributed by atoms with Gasteiger partial charge in [-0.1, -0.05) is 0 Å². The fraction of sp³-hybridized carbons (Fsp3) is 0.625. The van der Waals surface area contributed by atoms with Crippen LogP contribution in [0.25, 0.3) is 0 Å². The predicted molar refractivity (Wildman–Crippen MR) is 109 cm³/mol. The molecule has 5 aliphatic rings. The van der Waals surface area contributed by atoms with Crippen LogP contribution < -0.4 is 9.64 Å². The Morgan fingerprint density at radius 2 is 1.97 bits per heavy atom. The topological polar surface area (TPSA) is 48.0 Å². The zero-order valence-corrected chi connectivity index (χ0v) is 17.5. The van der Waals surface area contributed by atoms with Crippen molar-refractivity contribution in [3.8, 4) is 5.75 Å². The average molecular weight is 395 g/mol. The molecule has 0 aromatic heterocycles. The molecule has 154 valence electrons. The Hall–Kier alpha value is -2.17. The van der Waals surface area contributed by atoms with Crippen LogP contribution >= 0.6 is 0 Å². The van der Waals surface area contributed by atoms with Crippen molar-refractivity contribution in [1.29, 1.82) is 0 Å². The van der Waals surface area contributed by atoms with Crippen molar-refractivity contribution < 1.29 is 19.0 Å². The largest absolute Gasteiger partial charge is 0.492 e. The maximum atomic E-state index is 13.0. The number of aryl methyl sites for hydroxylation is 1. The van der Waals surface area contributed by atoms with Crippen molar-refractivity contribution in [2.24, 2.45) is 5.92 Å². The number of carbonyl (C=O) groups excluding carboxylic acids is 1. The summed E-state index contributed by atoms with van der Waals surface area (Å²) in [4.78, 5) is 15.6. The average Bonchev–Trinajstić information content (AvgIpc) is 2.67. The number of anilines is 1. The van der Waals surface area contributed by atoms with E-state index in [-0.39, 0.29) is 29.5 Å². The third kappa shape index (κ3) is 2.42. The van der Waals surface area contributed by atoms with Gasteiger partial charge in [-0.2, -0.15) is 0 Å². The molecule has 1 unspecified atom stereocenters. The SMILES string of the molecule is CC1CC2=C(C(=O)O1)[C@H]1c3cc4c5c(c3OC[C@H]1C(C)(C)O2)CCCN5CCC4. The van der Waals surface area contributed by atoms with E-state index in [2.05, 4.69) is 24.8 Å². The number of carbonyl (C=O) groups is 1. The third-order valence-corrected chi connectivity index (χ3v) is 7.54. The Morgan fingerprint density at radius 3 is 2.79 bits per heavy atom. The molecule has 0 fully saturated rings. The number of benzene rings is 1. The van der Waals surface area contributed by atoms with Crippen LogP contribution in [0.15, 0.2) is 17.4 Å². The van der Waals surface area contributed by atoms with E-state index in [0.29, 0.717) is 13.0 Å². The molecule has 3 atom stereocenters. The van der Waals surface area contributed by atoms with Crippen LogP contribution in [-0.4, -0.2) is 37.4 Å². The highest BCUT2D eigenvalue weighted by Gasteiger charge is 2.53. The number of cyclic esters (lactones) is 1. The summed E-state index contributed by atoms with van der Waals surface area (Å²) in [7, 11) is 0. The van der Waals surface area contributed by atoms with E-state index in [4.69, 9.17) is 14.2 Å². The molecule has 6 rings (SSSR count). The third-order valence-electron chi connectivity index (χ3n) is 7.54. The molecule has 0 saturated carbocycles. The van der Waals surface area contributed by atoms with Crippen LogP contribution in [0.3, 0.4) is 0 Å². The van der Waals surface area contributed by atoms with Crippen molar-refractivity contribution in [3.05, 3.63) is 34.1 Å². The Morgan fingerprint density at radius 1 is 1.17 bits per heavy atom. The molecule has 1 aromatic carbocycles. The number of fused-ring (bicyclic) bond motifs is 5. The molecule has 5 aliphatic heterocycles. The quantitative estimate of drug-likeness (QED) is 0.624. The Balaban J connectivity index is 1.58. The van der Waals surface area contributed by atoms with E-state index < -0.39 is 0 Å². The predicted octanol–water partition coefficient (Wildman–Crippen LogP) is 3.88. The van der Waals surface area contributed by atoms with Gasteiger partial charge in [-0.25, -0.2) is 4.79 Å². The Kier molecular flexibility index (Phi) is 3.61. The summed E-state index contributed by atoms with van der Waals surface area (Å²) < 4.78 is 18.5. The number of ether oxygens (including phenoxy) is 3. The molecule has 5 heteroatoms. The molecule has 0 N–H and O–H groups in total. The fourth-order valence-electron chi connectivity index (χ4n) is 6.27. The first-order valence-electron chi connectivity index (χ1n) is 11.1. The molecule has 0 bridgehead atoms. The minimum atomic E-state index is -0.377. The summed E-state index contributed by atoms with van der Waals surface area (Å²) in [6.45, 7) is 9.08. The standard InChI is InChI=1S/C24H29NO4/c1-13-10-18-20(23(26)28-13)19-16-11-14-6-4-8-25-9-5-7-15(21(14)25)22(16)27-12-17(19)24(2,3)29-18/h11,13,17,19H,4-10,12H2,1-3H3/t13?,17-,19+/m1/s1. The second-order valence-electron chi connectivity index (χ2n) is 9.83. The van der Waals surface area contributed by atoms with Crippen molar-refractivity contribution in [2.75, 3.05) is 24.6 Å². The molecule has 0 radical (unpaired) electrons. The molecule has 0 aliphatic carbocycles. The van der Waals surface area contributed by atoms with Gasteiger partial charge in [0.05, 0.1) is 12.2 Å². The summed E-state index contributed by atoms with van der Waals surface area (Å²) >= 11 is 0. The van der Waals surface area contributed by atoms with Crippen LogP contribution in [0, 0.1) is 5.92 Å². The second-order valence-corrected chi connectivity index (χ2v) is 9.83. The maximum Gasteiger partial charge on any atom is 0.338 e. The van der Waals surface area contributed by atoms with Crippen LogP contribution in [0.2, 0.25) is 0 Å². The zero-order valence-electron chi connectivity index (χ0n) is 17.5. The second kappa shape index (κ2) is 5.93. The molecule has 5 nitrogen and oxygen atoms in total. The van der Waals surface area contributed by atoms with Crippen LogP contribution in [0.5, 0.6) is 5.75 Å². The van der Waals surface area contributed by atoms with E-state index in [1.807, 2.05) is 6.92 Å². The number of rotatable bonds is 0. The Bertz CT molecular complexity index is 945. The van der Waals surface area contributed by atoms with E-state index in [1.54, 1.807) is 0 Å². The van der Waals surface area contributed by atoms with Crippen molar-refractivity contribution in [2.45, 2.75) is 70.5 Å². The lowest BCUT2D eigenvalue weighted by atomic mass is 9.68. The highest BCUT2D eigenvalue weighted by atomic mass is 16.6. The Labute approximate surface area is 172 Å². The molecular formula is C24H29NO4. The zero-order chi connectivity index (χ0) is 19.9. The normalized spacial score (nSPS) is 31.5. The van der Waals surface area contributed by atoms with Gasteiger partial charge in [-0.05, 0) is 58.1 Å².